The van der Waals surface area contributed by atoms with E-state index in [-0.39, 0.29) is 23.3 Å². The third-order valence-electron chi connectivity index (χ3n) is 4.28. The fourth-order valence-corrected chi connectivity index (χ4v) is 2.92. The molecule has 0 spiro atoms. The van der Waals surface area contributed by atoms with Gasteiger partial charge in [0.25, 0.3) is 0 Å². The van der Waals surface area contributed by atoms with E-state index in [1.165, 1.54) is 12.1 Å². The summed E-state index contributed by atoms with van der Waals surface area (Å²) < 4.78 is 108. The van der Waals surface area contributed by atoms with Crippen molar-refractivity contribution in [2.75, 3.05) is 0 Å². The fourth-order valence-electron chi connectivity index (χ4n) is 2.92. The summed E-state index contributed by atoms with van der Waals surface area (Å²) >= 11 is 0. The first kappa shape index (κ1) is 21.5. The fraction of sp³-hybridized carbons (Fsp3) is 0.0909. The molecular weight excluding hydrogens is 416 g/mol. The summed E-state index contributed by atoms with van der Waals surface area (Å²) in [7, 11) is 0. The summed E-state index contributed by atoms with van der Waals surface area (Å²) in [6.07, 6.45) is -4.97. The van der Waals surface area contributed by atoms with E-state index in [4.69, 9.17) is 0 Å². The Labute approximate surface area is 166 Å². The number of aryl methyl sites for hydroxylation is 1. The van der Waals surface area contributed by atoms with Crippen molar-refractivity contribution in [1.82, 2.24) is 0 Å². The minimum Gasteiger partial charge on any atom is -0.206 e. The van der Waals surface area contributed by atoms with Gasteiger partial charge in [0.05, 0.1) is 5.56 Å². The van der Waals surface area contributed by atoms with Crippen LogP contribution in [0.1, 0.15) is 11.1 Å². The molecule has 0 atom stereocenters. The molecular formula is C22H12F8. The van der Waals surface area contributed by atoms with Crippen LogP contribution in [0.15, 0.2) is 48.5 Å². The number of hydrogen-bond acceptors (Lipinski definition) is 0. The van der Waals surface area contributed by atoms with E-state index < -0.39 is 52.0 Å². The SMILES string of the molecule is Cc1ccc(-c2cc(F)c(-c3cc(F)c(/C=C/C(F)(F)F)c(F)c3)c(F)c2)c(F)c1. The molecule has 0 saturated heterocycles. The van der Waals surface area contributed by atoms with Crippen LogP contribution in [0, 0.1) is 36.0 Å². The number of rotatable bonds is 3. The predicted octanol–water partition coefficient (Wildman–Crippen LogP) is 7.60. The Kier molecular flexibility index (Phi) is 5.70. The molecule has 0 unspecified atom stereocenters. The van der Waals surface area contributed by atoms with Crippen molar-refractivity contribution in [3.8, 4) is 22.3 Å². The van der Waals surface area contributed by atoms with Gasteiger partial charge in [-0.2, -0.15) is 13.2 Å². The van der Waals surface area contributed by atoms with Crippen LogP contribution < -0.4 is 0 Å². The molecule has 0 aromatic heterocycles. The Morgan fingerprint density at radius 2 is 1.20 bits per heavy atom. The normalized spacial score (nSPS) is 12.0. The Bertz CT molecular complexity index is 1100. The number of halogens is 8. The summed E-state index contributed by atoms with van der Waals surface area (Å²) in [5.74, 6) is -6.01. The molecule has 0 aliphatic carbocycles. The van der Waals surface area contributed by atoms with Crippen LogP contribution in [0.4, 0.5) is 35.1 Å². The van der Waals surface area contributed by atoms with Crippen LogP contribution in [0.5, 0.6) is 0 Å². The molecule has 0 N–H and O–H groups in total. The average Bonchev–Trinajstić information content (AvgIpc) is 2.59. The van der Waals surface area contributed by atoms with Crippen molar-refractivity contribution in [2.24, 2.45) is 0 Å². The molecule has 3 rings (SSSR count). The van der Waals surface area contributed by atoms with Crippen LogP contribution in [0.2, 0.25) is 0 Å². The standard InChI is InChI=1S/C22H12F8/c1-11-2-3-14(16(23)6-11)12-7-19(26)21(20(27)8-12)13-9-17(24)15(18(25)10-13)4-5-22(28,29)30/h2-10H,1H3/b5-4+. The summed E-state index contributed by atoms with van der Waals surface area (Å²) in [5.41, 5.74) is -1.96. The van der Waals surface area contributed by atoms with E-state index in [0.29, 0.717) is 17.7 Å². The maximum atomic E-state index is 14.6. The molecule has 3 aromatic rings. The van der Waals surface area contributed by atoms with Crippen LogP contribution in [-0.4, -0.2) is 6.18 Å². The summed E-state index contributed by atoms with van der Waals surface area (Å²) in [5, 5.41) is 0. The molecule has 0 amide bonds. The van der Waals surface area contributed by atoms with Crippen molar-refractivity contribution in [2.45, 2.75) is 13.1 Å². The molecule has 0 nitrogen and oxygen atoms in total. The van der Waals surface area contributed by atoms with Crippen LogP contribution >= 0.6 is 0 Å². The Morgan fingerprint density at radius 3 is 1.70 bits per heavy atom. The van der Waals surface area contributed by atoms with Crippen molar-refractivity contribution in [3.63, 3.8) is 0 Å². The maximum absolute atomic E-state index is 14.6. The van der Waals surface area contributed by atoms with E-state index in [9.17, 15) is 35.1 Å². The van der Waals surface area contributed by atoms with Gasteiger partial charge in [-0.15, -0.1) is 0 Å². The van der Waals surface area contributed by atoms with Gasteiger partial charge in [0.1, 0.15) is 29.1 Å². The highest BCUT2D eigenvalue weighted by atomic mass is 19.4. The van der Waals surface area contributed by atoms with Gasteiger partial charge < -0.3 is 0 Å². The van der Waals surface area contributed by atoms with E-state index in [1.807, 2.05) is 0 Å². The third-order valence-corrected chi connectivity index (χ3v) is 4.28. The first-order chi connectivity index (χ1) is 14.0. The smallest absolute Gasteiger partial charge is 0.206 e. The summed E-state index contributed by atoms with van der Waals surface area (Å²) in [6, 6.07) is 6.70. The van der Waals surface area contributed by atoms with E-state index in [1.54, 1.807) is 13.0 Å². The number of allylic oxidation sites excluding steroid dienone is 1. The number of hydrogen-bond donors (Lipinski definition) is 0. The molecule has 0 aliphatic heterocycles. The van der Waals surface area contributed by atoms with Gasteiger partial charge in [0.15, 0.2) is 0 Å². The number of alkyl halides is 3. The molecule has 0 fully saturated rings. The van der Waals surface area contributed by atoms with Crippen LogP contribution in [-0.2, 0) is 0 Å². The quantitative estimate of drug-likeness (QED) is 0.377. The Hall–Kier alpha value is -3.16. The van der Waals surface area contributed by atoms with Gasteiger partial charge in [0.2, 0.25) is 0 Å². The van der Waals surface area contributed by atoms with E-state index in [2.05, 4.69) is 0 Å². The predicted molar refractivity (Wildman–Crippen MR) is 96.9 cm³/mol. The lowest BCUT2D eigenvalue weighted by molar-refractivity contribution is -0.0790. The Morgan fingerprint density at radius 1 is 0.667 bits per heavy atom. The highest BCUT2D eigenvalue weighted by Gasteiger charge is 2.23. The zero-order valence-electron chi connectivity index (χ0n) is 15.2. The highest BCUT2D eigenvalue weighted by molar-refractivity contribution is 5.73. The first-order valence-electron chi connectivity index (χ1n) is 8.47. The minimum absolute atomic E-state index is 0.0741. The molecule has 156 valence electrons. The molecule has 0 bridgehead atoms. The minimum atomic E-state index is -4.79. The Balaban J connectivity index is 2.07. The summed E-state index contributed by atoms with van der Waals surface area (Å²) in [6.45, 7) is 1.63. The zero-order chi connectivity index (χ0) is 22.2. The van der Waals surface area contributed by atoms with Crippen LogP contribution in [0.25, 0.3) is 28.3 Å². The van der Waals surface area contributed by atoms with Crippen molar-refractivity contribution in [1.29, 1.82) is 0 Å². The molecule has 8 heteroatoms. The van der Waals surface area contributed by atoms with Gasteiger partial charge in [-0.1, -0.05) is 12.1 Å². The molecule has 3 aromatic carbocycles. The van der Waals surface area contributed by atoms with Gasteiger partial charge in [-0.3, -0.25) is 0 Å². The lowest BCUT2D eigenvalue weighted by Crippen LogP contribution is -2.01. The molecule has 30 heavy (non-hydrogen) atoms. The van der Waals surface area contributed by atoms with Gasteiger partial charge in [-0.25, -0.2) is 22.0 Å². The topological polar surface area (TPSA) is 0 Å². The summed E-state index contributed by atoms with van der Waals surface area (Å²) in [4.78, 5) is 0. The second-order valence-corrected chi connectivity index (χ2v) is 6.53. The second kappa shape index (κ2) is 7.93. The van der Waals surface area contributed by atoms with Crippen molar-refractivity contribution >= 4 is 6.08 Å². The number of benzene rings is 3. The van der Waals surface area contributed by atoms with E-state index >= 15 is 0 Å². The van der Waals surface area contributed by atoms with E-state index in [0.717, 1.165) is 12.1 Å². The molecule has 0 aliphatic rings. The van der Waals surface area contributed by atoms with Crippen molar-refractivity contribution in [3.05, 3.63) is 88.8 Å². The zero-order valence-corrected chi connectivity index (χ0v) is 15.2. The van der Waals surface area contributed by atoms with Gasteiger partial charge in [-0.05, 0) is 60.0 Å². The van der Waals surface area contributed by atoms with Crippen LogP contribution in [0.3, 0.4) is 0 Å². The lowest BCUT2D eigenvalue weighted by atomic mass is 9.97. The average molecular weight is 428 g/mol. The molecule has 0 saturated carbocycles. The molecule has 0 radical (unpaired) electrons. The highest BCUT2D eigenvalue weighted by Crippen LogP contribution is 2.34. The second-order valence-electron chi connectivity index (χ2n) is 6.53. The van der Waals surface area contributed by atoms with Gasteiger partial charge in [0, 0.05) is 17.2 Å². The molecule has 0 heterocycles. The third kappa shape index (κ3) is 4.53. The largest absolute Gasteiger partial charge is 0.409 e. The van der Waals surface area contributed by atoms with Crippen molar-refractivity contribution < 1.29 is 35.1 Å². The van der Waals surface area contributed by atoms with Gasteiger partial charge >= 0.3 is 6.18 Å². The monoisotopic (exact) mass is 428 g/mol. The lowest BCUT2D eigenvalue weighted by Gasteiger charge is -2.11. The maximum Gasteiger partial charge on any atom is 0.409 e. The first-order valence-corrected chi connectivity index (χ1v) is 8.47.